The SMILES string of the molecule is Cc1cccc(S(=O)(CCC#N)=NC(=O)c2ccc(C3=NOC(c4cc(Cl)cc(Cl)c4)(C(F)(F)F)C3)cc2C)c1. The van der Waals surface area contributed by atoms with Crippen molar-refractivity contribution in [3.63, 3.8) is 0 Å². The van der Waals surface area contributed by atoms with Gasteiger partial charge in [-0.25, -0.2) is 4.21 Å². The third-order valence-corrected chi connectivity index (χ3v) is 9.03. The molecule has 3 aromatic rings. The van der Waals surface area contributed by atoms with E-state index in [0.717, 1.165) is 17.7 Å². The topological polar surface area (TPSA) is 91.9 Å². The largest absolute Gasteiger partial charge is 0.435 e. The van der Waals surface area contributed by atoms with Crippen LogP contribution in [0.3, 0.4) is 0 Å². The standard InChI is InChI=1S/C28H22Cl2F3N3O3S/c1-17-5-3-6-23(11-17)40(38,10-4-9-34)36-26(37)24-8-7-19(12-18(24)2)25-16-27(39-35-25,28(31,32)33)20-13-21(29)15-22(30)14-20/h3,5-8,11-15H,4,10,16H2,1-2H3. The molecule has 2 atom stereocenters. The first-order valence-corrected chi connectivity index (χ1v) is 14.3. The molecule has 6 nitrogen and oxygen atoms in total. The highest BCUT2D eigenvalue weighted by Crippen LogP contribution is 2.49. The number of hydrogen-bond donors (Lipinski definition) is 0. The molecule has 1 aliphatic rings. The van der Waals surface area contributed by atoms with Gasteiger partial charge in [0.25, 0.3) is 11.5 Å². The Hall–Kier alpha value is -3.39. The molecule has 0 aliphatic carbocycles. The molecule has 0 spiro atoms. The molecule has 0 fully saturated rings. The number of benzene rings is 3. The van der Waals surface area contributed by atoms with E-state index in [-0.39, 0.29) is 39.1 Å². The summed E-state index contributed by atoms with van der Waals surface area (Å²) in [5, 5.41) is 12.8. The van der Waals surface area contributed by atoms with Gasteiger partial charge in [-0.1, -0.05) is 46.6 Å². The fourth-order valence-electron chi connectivity index (χ4n) is 4.33. The second-order valence-corrected chi connectivity index (χ2v) is 12.5. The summed E-state index contributed by atoms with van der Waals surface area (Å²) in [6.45, 7) is 3.39. The van der Waals surface area contributed by atoms with Crippen LogP contribution in [-0.2, 0) is 20.2 Å². The van der Waals surface area contributed by atoms with Crippen LogP contribution in [0.4, 0.5) is 13.2 Å². The lowest BCUT2D eigenvalue weighted by molar-refractivity contribution is -0.275. The van der Waals surface area contributed by atoms with Gasteiger partial charge in [0.1, 0.15) is 0 Å². The molecule has 0 saturated carbocycles. The Bertz CT molecular complexity index is 1670. The van der Waals surface area contributed by atoms with Crippen LogP contribution in [0.25, 0.3) is 0 Å². The lowest BCUT2D eigenvalue weighted by Gasteiger charge is -2.29. The van der Waals surface area contributed by atoms with Gasteiger partial charge >= 0.3 is 6.18 Å². The van der Waals surface area contributed by atoms with E-state index < -0.39 is 33.8 Å². The van der Waals surface area contributed by atoms with Crippen molar-refractivity contribution in [2.75, 3.05) is 5.75 Å². The molecular weight excluding hydrogens is 586 g/mol. The zero-order valence-electron chi connectivity index (χ0n) is 21.3. The first-order chi connectivity index (χ1) is 18.8. The third-order valence-electron chi connectivity index (χ3n) is 6.38. The van der Waals surface area contributed by atoms with E-state index in [1.165, 1.54) is 24.3 Å². The van der Waals surface area contributed by atoms with Crippen molar-refractivity contribution in [3.8, 4) is 6.07 Å². The van der Waals surface area contributed by atoms with Crippen molar-refractivity contribution < 1.29 is 27.0 Å². The predicted molar refractivity (Wildman–Crippen MR) is 147 cm³/mol. The third kappa shape index (κ3) is 5.87. The van der Waals surface area contributed by atoms with E-state index in [0.29, 0.717) is 16.0 Å². The maximum atomic E-state index is 14.3. The number of aryl methyl sites for hydroxylation is 2. The van der Waals surface area contributed by atoms with Gasteiger partial charge in [-0.05, 0) is 73.0 Å². The summed E-state index contributed by atoms with van der Waals surface area (Å²) >= 11 is 11.9. The zero-order valence-corrected chi connectivity index (χ0v) is 23.6. The minimum atomic E-state index is -4.85. The summed E-state index contributed by atoms with van der Waals surface area (Å²) in [5.41, 5.74) is -1.46. The molecule has 2 unspecified atom stereocenters. The van der Waals surface area contributed by atoms with E-state index in [1.54, 1.807) is 25.1 Å². The average Bonchev–Trinajstić information content (AvgIpc) is 3.34. The number of oxime groups is 1. The fraction of sp³-hybridized carbons (Fsp3) is 0.250. The Morgan fingerprint density at radius 2 is 1.82 bits per heavy atom. The number of carbonyl (C=O) groups excluding carboxylic acids is 1. The minimum absolute atomic E-state index is 0.00467. The van der Waals surface area contributed by atoms with Crippen molar-refractivity contribution in [1.29, 1.82) is 5.26 Å². The van der Waals surface area contributed by atoms with Crippen molar-refractivity contribution in [2.24, 2.45) is 9.52 Å². The summed E-state index contributed by atoms with van der Waals surface area (Å²) < 4.78 is 60.7. The molecule has 0 bridgehead atoms. The number of amides is 1. The van der Waals surface area contributed by atoms with E-state index in [9.17, 15) is 22.2 Å². The van der Waals surface area contributed by atoms with Crippen molar-refractivity contribution in [2.45, 2.75) is 43.4 Å². The fourth-order valence-corrected chi connectivity index (χ4v) is 6.68. The molecule has 12 heteroatoms. The van der Waals surface area contributed by atoms with Crippen LogP contribution in [0.2, 0.25) is 10.0 Å². The second kappa shape index (κ2) is 11.2. The molecule has 0 aromatic heterocycles. The van der Waals surface area contributed by atoms with Gasteiger partial charge < -0.3 is 4.84 Å². The average molecular weight is 608 g/mol. The summed E-state index contributed by atoms with van der Waals surface area (Å²) in [5.74, 6) is -0.895. The van der Waals surface area contributed by atoms with E-state index in [2.05, 4.69) is 9.52 Å². The summed E-state index contributed by atoms with van der Waals surface area (Å²) in [6, 6.07) is 16.6. The lowest BCUT2D eigenvalue weighted by Crippen LogP contribution is -2.42. The van der Waals surface area contributed by atoms with Gasteiger partial charge in [0, 0.05) is 44.7 Å². The molecular formula is C28H22Cl2F3N3O3S. The molecule has 0 N–H and O–H groups in total. The molecule has 0 radical (unpaired) electrons. The van der Waals surface area contributed by atoms with Gasteiger partial charge in [0.2, 0.25) is 0 Å². The second-order valence-electron chi connectivity index (χ2n) is 9.28. The highest BCUT2D eigenvalue weighted by Gasteiger charge is 2.62. The van der Waals surface area contributed by atoms with Gasteiger partial charge in [0.05, 0.1) is 21.5 Å². The number of halogens is 5. The van der Waals surface area contributed by atoms with Crippen LogP contribution in [-0.4, -0.2) is 27.8 Å². The Balaban J connectivity index is 1.67. The monoisotopic (exact) mass is 607 g/mol. The van der Waals surface area contributed by atoms with Crippen molar-refractivity contribution in [1.82, 2.24) is 0 Å². The van der Waals surface area contributed by atoms with Crippen LogP contribution in [0.5, 0.6) is 0 Å². The Kier molecular flexibility index (Phi) is 8.31. The summed E-state index contributed by atoms with van der Waals surface area (Å²) in [6.07, 6.45) is -5.57. The van der Waals surface area contributed by atoms with Gasteiger partial charge in [-0.15, -0.1) is 0 Å². The molecule has 1 amide bonds. The maximum Gasteiger partial charge on any atom is 0.435 e. The van der Waals surface area contributed by atoms with Crippen LogP contribution in [0.15, 0.2) is 75.1 Å². The summed E-state index contributed by atoms with van der Waals surface area (Å²) in [7, 11) is -3.25. The number of hydrogen-bond acceptors (Lipinski definition) is 5. The number of rotatable bonds is 6. The first kappa shape index (κ1) is 29.6. The van der Waals surface area contributed by atoms with Crippen LogP contribution in [0.1, 0.15) is 45.5 Å². The Morgan fingerprint density at radius 3 is 2.42 bits per heavy atom. The smallest absolute Gasteiger partial charge is 0.374 e. The van der Waals surface area contributed by atoms with E-state index in [1.807, 2.05) is 19.1 Å². The molecule has 1 heterocycles. The number of nitriles is 1. The van der Waals surface area contributed by atoms with Crippen LogP contribution < -0.4 is 0 Å². The molecule has 4 rings (SSSR count). The normalized spacial score (nSPS) is 18.3. The van der Waals surface area contributed by atoms with Crippen LogP contribution in [0, 0.1) is 25.2 Å². The number of carbonyl (C=O) groups is 1. The highest BCUT2D eigenvalue weighted by molar-refractivity contribution is 7.94. The highest BCUT2D eigenvalue weighted by atomic mass is 35.5. The van der Waals surface area contributed by atoms with Crippen molar-refractivity contribution in [3.05, 3.63) is 98.5 Å². The first-order valence-electron chi connectivity index (χ1n) is 11.9. The minimum Gasteiger partial charge on any atom is -0.374 e. The Morgan fingerprint density at radius 1 is 1.12 bits per heavy atom. The van der Waals surface area contributed by atoms with Crippen LogP contribution >= 0.6 is 23.2 Å². The molecule has 40 heavy (non-hydrogen) atoms. The van der Waals surface area contributed by atoms with Gasteiger partial charge in [0.15, 0.2) is 0 Å². The Labute approximate surface area is 239 Å². The summed E-state index contributed by atoms with van der Waals surface area (Å²) in [4.78, 5) is 18.5. The van der Waals surface area contributed by atoms with E-state index in [4.69, 9.17) is 33.3 Å². The van der Waals surface area contributed by atoms with Gasteiger partial charge in [-0.3, -0.25) is 4.79 Å². The number of nitrogens with zero attached hydrogens (tertiary/aromatic N) is 3. The quantitative estimate of drug-likeness (QED) is 0.286. The molecule has 208 valence electrons. The van der Waals surface area contributed by atoms with E-state index >= 15 is 0 Å². The lowest BCUT2D eigenvalue weighted by atomic mass is 9.86. The maximum absolute atomic E-state index is 14.3. The molecule has 3 aromatic carbocycles. The molecule has 0 saturated heterocycles. The van der Waals surface area contributed by atoms with Gasteiger partial charge in [-0.2, -0.15) is 22.8 Å². The molecule has 1 aliphatic heterocycles. The zero-order chi connectivity index (χ0) is 29.3. The van der Waals surface area contributed by atoms with Crippen molar-refractivity contribution >= 4 is 44.5 Å². The predicted octanol–water partition coefficient (Wildman–Crippen LogP) is 7.77. The number of alkyl halides is 3.